The third-order valence-electron chi connectivity index (χ3n) is 2.85. The molecule has 1 N–H and O–H groups in total. The van der Waals surface area contributed by atoms with Crippen molar-refractivity contribution in [2.24, 2.45) is 0 Å². The van der Waals surface area contributed by atoms with Gasteiger partial charge in [0.1, 0.15) is 5.76 Å². The Morgan fingerprint density at radius 3 is 2.87 bits per heavy atom. The zero-order valence-corrected chi connectivity index (χ0v) is 12.4. The van der Waals surface area contributed by atoms with E-state index in [1.165, 1.54) is 31.4 Å². The fraction of sp³-hybridized carbons (Fsp3) is 0.118. The summed E-state index contributed by atoms with van der Waals surface area (Å²) in [6.07, 6.45) is 3.13. The van der Waals surface area contributed by atoms with Crippen molar-refractivity contribution >= 4 is 23.6 Å². The van der Waals surface area contributed by atoms with E-state index in [0.717, 1.165) is 0 Å². The van der Waals surface area contributed by atoms with Crippen LogP contribution in [0.25, 0.3) is 6.08 Å². The Morgan fingerprint density at radius 1 is 1.35 bits per heavy atom. The predicted octanol–water partition coefficient (Wildman–Crippen LogP) is 2.73. The van der Waals surface area contributed by atoms with Crippen LogP contribution in [-0.2, 0) is 14.3 Å². The molecule has 1 aromatic heterocycles. The molecule has 0 saturated heterocycles. The van der Waals surface area contributed by atoms with Gasteiger partial charge in [-0.25, -0.2) is 4.79 Å². The number of esters is 1. The highest BCUT2D eigenvalue weighted by Gasteiger charge is 2.16. The number of benzene rings is 1. The topological polar surface area (TPSA) is 92.3 Å². The van der Waals surface area contributed by atoms with E-state index in [4.69, 9.17) is 14.4 Å². The summed E-state index contributed by atoms with van der Waals surface area (Å²) in [5.41, 5.74) is 0.886. The van der Waals surface area contributed by atoms with E-state index in [-0.39, 0.29) is 0 Å². The zero-order chi connectivity index (χ0) is 16.7. The Bertz CT molecular complexity index is 757. The molecule has 0 aliphatic heterocycles. The molecule has 1 atom stereocenters. The second-order valence-corrected chi connectivity index (χ2v) is 4.61. The van der Waals surface area contributed by atoms with Crippen LogP contribution in [0.2, 0.25) is 0 Å². The molecule has 0 aliphatic carbocycles. The summed E-state index contributed by atoms with van der Waals surface area (Å²) in [5.74, 6) is -0.637. The summed E-state index contributed by atoms with van der Waals surface area (Å²) >= 11 is 0. The lowest BCUT2D eigenvalue weighted by atomic mass is 10.2. The fourth-order valence-electron chi connectivity index (χ4n) is 1.71. The molecule has 1 amide bonds. The van der Waals surface area contributed by atoms with Crippen LogP contribution in [0.5, 0.6) is 0 Å². The number of nitrogens with one attached hydrogen (secondary N) is 1. The first-order chi connectivity index (χ1) is 11.1. The van der Waals surface area contributed by atoms with E-state index in [1.54, 1.807) is 30.3 Å². The second kappa shape index (κ2) is 7.61. The molecular weight excluding hydrogens is 296 g/mol. The van der Waals surface area contributed by atoms with Crippen LogP contribution < -0.4 is 5.32 Å². The van der Waals surface area contributed by atoms with Gasteiger partial charge in [0.25, 0.3) is 5.91 Å². The van der Waals surface area contributed by atoms with Crippen molar-refractivity contribution in [1.82, 2.24) is 0 Å². The number of furan rings is 1. The SMILES string of the molecule is C[C@@H](OC(=O)/C=C/c1ccco1)C(=O)Nc1cccc(C#N)c1. The summed E-state index contributed by atoms with van der Waals surface area (Å²) in [7, 11) is 0. The van der Waals surface area contributed by atoms with Crippen molar-refractivity contribution < 1.29 is 18.7 Å². The molecular formula is C17H14N2O4. The highest BCUT2D eigenvalue weighted by Crippen LogP contribution is 2.11. The maximum Gasteiger partial charge on any atom is 0.331 e. The summed E-state index contributed by atoms with van der Waals surface area (Å²) in [5, 5.41) is 11.4. The van der Waals surface area contributed by atoms with E-state index < -0.39 is 18.0 Å². The molecule has 2 rings (SSSR count). The number of amides is 1. The van der Waals surface area contributed by atoms with Crippen molar-refractivity contribution in [1.29, 1.82) is 5.26 Å². The molecule has 0 bridgehead atoms. The van der Waals surface area contributed by atoms with E-state index >= 15 is 0 Å². The number of nitriles is 1. The average molecular weight is 310 g/mol. The molecule has 23 heavy (non-hydrogen) atoms. The largest absolute Gasteiger partial charge is 0.465 e. The first-order valence-electron chi connectivity index (χ1n) is 6.81. The molecule has 0 unspecified atom stereocenters. The minimum atomic E-state index is -0.977. The molecule has 0 spiro atoms. The zero-order valence-electron chi connectivity index (χ0n) is 12.4. The van der Waals surface area contributed by atoms with Crippen molar-refractivity contribution in [3.05, 3.63) is 60.1 Å². The minimum absolute atomic E-state index is 0.425. The van der Waals surface area contributed by atoms with Crippen LogP contribution in [0.1, 0.15) is 18.2 Å². The van der Waals surface area contributed by atoms with Crippen LogP contribution in [0.4, 0.5) is 5.69 Å². The first-order valence-corrected chi connectivity index (χ1v) is 6.81. The number of anilines is 1. The molecule has 0 saturated carbocycles. The third kappa shape index (κ3) is 4.86. The number of carbonyl (C=O) groups excluding carboxylic acids is 2. The van der Waals surface area contributed by atoms with Gasteiger partial charge in [0.05, 0.1) is 17.9 Å². The Morgan fingerprint density at radius 2 is 2.17 bits per heavy atom. The van der Waals surface area contributed by atoms with Crippen LogP contribution in [0.15, 0.2) is 53.2 Å². The molecule has 1 heterocycles. The standard InChI is InChI=1S/C17H14N2O4/c1-12(23-16(20)8-7-15-6-3-9-22-15)17(21)19-14-5-2-4-13(10-14)11-18/h2-10,12H,1H3,(H,19,21)/b8-7+/t12-/m1/s1. The van der Waals surface area contributed by atoms with E-state index in [1.807, 2.05) is 6.07 Å². The quantitative estimate of drug-likeness (QED) is 0.677. The molecule has 1 aromatic carbocycles. The van der Waals surface area contributed by atoms with Crippen LogP contribution in [0, 0.1) is 11.3 Å². The Balaban J connectivity index is 1.89. The third-order valence-corrected chi connectivity index (χ3v) is 2.85. The van der Waals surface area contributed by atoms with Gasteiger partial charge in [-0.05, 0) is 43.3 Å². The maximum atomic E-state index is 12.0. The lowest BCUT2D eigenvalue weighted by Gasteiger charge is -2.12. The van der Waals surface area contributed by atoms with Crippen LogP contribution >= 0.6 is 0 Å². The first kappa shape index (κ1) is 16.0. The smallest absolute Gasteiger partial charge is 0.331 e. The van der Waals surface area contributed by atoms with Crippen molar-refractivity contribution in [3.8, 4) is 6.07 Å². The fourth-order valence-corrected chi connectivity index (χ4v) is 1.71. The molecule has 6 heteroatoms. The lowest BCUT2D eigenvalue weighted by molar-refractivity contribution is -0.148. The molecule has 116 valence electrons. The van der Waals surface area contributed by atoms with Crippen molar-refractivity contribution in [2.45, 2.75) is 13.0 Å². The van der Waals surface area contributed by atoms with Crippen LogP contribution in [-0.4, -0.2) is 18.0 Å². The monoisotopic (exact) mass is 310 g/mol. The number of hydrogen-bond donors (Lipinski definition) is 1. The Labute approximate surface area is 133 Å². The highest BCUT2D eigenvalue weighted by atomic mass is 16.5. The highest BCUT2D eigenvalue weighted by molar-refractivity contribution is 5.96. The Kier molecular flexibility index (Phi) is 5.31. The predicted molar refractivity (Wildman–Crippen MR) is 83.1 cm³/mol. The summed E-state index contributed by atoms with van der Waals surface area (Å²) < 4.78 is 10.0. The number of nitrogens with zero attached hydrogens (tertiary/aromatic N) is 1. The van der Waals surface area contributed by atoms with E-state index in [2.05, 4.69) is 5.32 Å². The van der Waals surface area contributed by atoms with Gasteiger partial charge in [0.15, 0.2) is 6.10 Å². The summed E-state index contributed by atoms with van der Waals surface area (Å²) in [6, 6.07) is 11.8. The lowest BCUT2D eigenvalue weighted by Crippen LogP contribution is -2.29. The van der Waals surface area contributed by atoms with Crippen molar-refractivity contribution in [3.63, 3.8) is 0 Å². The van der Waals surface area contributed by atoms with Gasteiger partial charge in [-0.3, -0.25) is 4.79 Å². The molecule has 0 radical (unpaired) electrons. The van der Waals surface area contributed by atoms with Gasteiger partial charge in [-0.1, -0.05) is 6.07 Å². The van der Waals surface area contributed by atoms with Gasteiger partial charge in [-0.2, -0.15) is 5.26 Å². The summed E-state index contributed by atoms with van der Waals surface area (Å²) in [4.78, 5) is 23.6. The Hall–Kier alpha value is -3.33. The normalized spacial score (nSPS) is 11.7. The van der Waals surface area contributed by atoms with Gasteiger partial charge < -0.3 is 14.5 Å². The number of rotatable bonds is 5. The minimum Gasteiger partial charge on any atom is -0.465 e. The number of ether oxygens (including phenoxy) is 1. The van der Waals surface area contributed by atoms with Gasteiger partial charge >= 0.3 is 5.97 Å². The average Bonchev–Trinajstić information content (AvgIpc) is 3.06. The maximum absolute atomic E-state index is 12.0. The number of carbonyl (C=O) groups is 2. The molecule has 6 nitrogen and oxygen atoms in total. The second-order valence-electron chi connectivity index (χ2n) is 4.61. The van der Waals surface area contributed by atoms with Gasteiger partial charge in [0, 0.05) is 11.8 Å². The molecule has 0 fully saturated rings. The van der Waals surface area contributed by atoms with E-state index in [9.17, 15) is 9.59 Å². The van der Waals surface area contributed by atoms with Gasteiger partial charge in [-0.15, -0.1) is 0 Å². The van der Waals surface area contributed by atoms with Crippen molar-refractivity contribution in [2.75, 3.05) is 5.32 Å². The molecule has 2 aromatic rings. The van der Waals surface area contributed by atoms with Crippen LogP contribution in [0.3, 0.4) is 0 Å². The van der Waals surface area contributed by atoms with Gasteiger partial charge in [0.2, 0.25) is 0 Å². The summed E-state index contributed by atoms with van der Waals surface area (Å²) in [6.45, 7) is 1.46. The van der Waals surface area contributed by atoms with E-state index in [0.29, 0.717) is 17.0 Å². The molecule has 0 aliphatic rings. The number of hydrogen-bond acceptors (Lipinski definition) is 5.